The summed E-state index contributed by atoms with van der Waals surface area (Å²) in [6.45, 7) is 1.81. The average Bonchev–Trinajstić information content (AvgIpc) is 2.93. The minimum absolute atomic E-state index is 0.163. The van der Waals surface area contributed by atoms with Gasteiger partial charge in [-0.1, -0.05) is 30.0 Å². The van der Waals surface area contributed by atoms with Crippen LogP contribution in [0.3, 0.4) is 0 Å². The summed E-state index contributed by atoms with van der Waals surface area (Å²) in [5.41, 5.74) is 2.39. The molecule has 1 saturated heterocycles. The van der Waals surface area contributed by atoms with Gasteiger partial charge in [-0.25, -0.2) is 9.97 Å². The molecular weight excluding hydrogens is 452 g/mol. The SMILES string of the molecule is COc1cc(Nc2ncnc3ccc(C#CC(O)C4CCCNC4)cc23)ccc1Oc1ccccc1. The first-order valence-corrected chi connectivity index (χ1v) is 12.0. The first kappa shape index (κ1) is 23.6. The molecule has 1 aliphatic rings. The molecule has 36 heavy (non-hydrogen) atoms. The number of methoxy groups -OCH3 is 1. The fourth-order valence-corrected chi connectivity index (χ4v) is 4.24. The topological polar surface area (TPSA) is 88.5 Å². The molecule has 0 spiro atoms. The maximum Gasteiger partial charge on any atom is 0.169 e. The van der Waals surface area contributed by atoms with Gasteiger partial charge in [0.1, 0.15) is 24.0 Å². The number of benzene rings is 3. The van der Waals surface area contributed by atoms with Crippen LogP contribution in [0.2, 0.25) is 0 Å². The quantitative estimate of drug-likeness (QED) is 0.339. The van der Waals surface area contributed by atoms with Crippen molar-refractivity contribution in [2.24, 2.45) is 5.92 Å². The van der Waals surface area contributed by atoms with Crippen LogP contribution < -0.4 is 20.1 Å². The number of nitrogens with zero attached hydrogens (tertiary/aromatic N) is 2. The van der Waals surface area contributed by atoms with Crippen LogP contribution in [-0.4, -0.2) is 41.4 Å². The van der Waals surface area contributed by atoms with E-state index in [0.29, 0.717) is 17.3 Å². The van der Waals surface area contributed by atoms with Gasteiger partial charge in [-0.3, -0.25) is 0 Å². The molecule has 182 valence electrons. The second-order valence-corrected chi connectivity index (χ2v) is 8.68. The highest BCUT2D eigenvalue weighted by atomic mass is 16.5. The van der Waals surface area contributed by atoms with Crippen LogP contribution >= 0.6 is 0 Å². The Morgan fingerprint density at radius 2 is 1.94 bits per heavy atom. The highest BCUT2D eigenvalue weighted by Gasteiger charge is 2.19. The molecule has 0 bridgehead atoms. The Balaban J connectivity index is 1.38. The van der Waals surface area contributed by atoms with Crippen LogP contribution in [0.15, 0.2) is 73.1 Å². The van der Waals surface area contributed by atoms with Gasteiger partial charge in [0.2, 0.25) is 0 Å². The number of hydrogen-bond acceptors (Lipinski definition) is 7. The zero-order valence-electron chi connectivity index (χ0n) is 20.1. The third-order valence-electron chi connectivity index (χ3n) is 6.18. The third-order valence-corrected chi connectivity index (χ3v) is 6.18. The number of piperidine rings is 1. The molecule has 2 atom stereocenters. The van der Waals surface area contributed by atoms with Crippen LogP contribution in [0, 0.1) is 17.8 Å². The van der Waals surface area contributed by atoms with E-state index in [0.717, 1.165) is 53.8 Å². The average molecular weight is 481 g/mol. The molecule has 2 heterocycles. The van der Waals surface area contributed by atoms with Gasteiger partial charge in [-0.15, -0.1) is 0 Å². The predicted molar refractivity (Wildman–Crippen MR) is 141 cm³/mol. The fourth-order valence-electron chi connectivity index (χ4n) is 4.24. The van der Waals surface area contributed by atoms with Crippen LogP contribution in [-0.2, 0) is 0 Å². The normalized spacial score (nSPS) is 16.0. The molecule has 0 saturated carbocycles. The zero-order chi connectivity index (χ0) is 24.7. The Morgan fingerprint density at radius 1 is 1.06 bits per heavy atom. The monoisotopic (exact) mass is 480 g/mol. The Hall–Kier alpha value is -4.12. The lowest BCUT2D eigenvalue weighted by Crippen LogP contribution is -2.36. The van der Waals surface area contributed by atoms with E-state index in [1.165, 1.54) is 6.33 Å². The molecule has 2 unspecified atom stereocenters. The summed E-state index contributed by atoms with van der Waals surface area (Å²) in [4.78, 5) is 8.84. The van der Waals surface area contributed by atoms with Crippen LogP contribution in [0.4, 0.5) is 11.5 Å². The summed E-state index contributed by atoms with van der Waals surface area (Å²) in [7, 11) is 1.61. The van der Waals surface area contributed by atoms with E-state index < -0.39 is 6.10 Å². The van der Waals surface area contributed by atoms with Crippen LogP contribution in [0.1, 0.15) is 18.4 Å². The van der Waals surface area contributed by atoms with Crippen molar-refractivity contribution in [1.82, 2.24) is 15.3 Å². The number of hydrogen-bond donors (Lipinski definition) is 3. The molecule has 7 heteroatoms. The second kappa shape index (κ2) is 11.1. The Bertz CT molecular complexity index is 1390. The summed E-state index contributed by atoms with van der Waals surface area (Å²) in [5.74, 6) is 8.91. The number of aromatic nitrogens is 2. The second-order valence-electron chi connectivity index (χ2n) is 8.68. The van der Waals surface area contributed by atoms with E-state index in [4.69, 9.17) is 9.47 Å². The van der Waals surface area contributed by atoms with Gasteiger partial charge in [0.25, 0.3) is 0 Å². The minimum Gasteiger partial charge on any atom is -0.493 e. The lowest BCUT2D eigenvalue weighted by Gasteiger charge is -2.24. The van der Waals surface area contributed by atoms with Crippen molar-refractivity contribution in [3.63, 3.8) is 0 Å². The molecule has 0 aliphatic carbocycles. The molecule has 1 aromatic heterocycles. The van der Waals surface area contributed by atoms with E-state index in [9.17, 15) is 5.11 Å². The van der Waals surface area contributed by atoms with E-state index in [-0.39, 0.29) is 5.92 Å². The third kappa shape index (κ3) is 5.57. The maximum atomic E-state index is 10.5. The Kier molecular flexibility index (Phi) is 7.27. The molecule has 1 fully saturated rings. The van der Waals surface area contributed by atoms with Crippen LogP contribution in [0.5, 0.6) is 17.2 Å². The number of rotatable bonds is 6. The summed E-state index contributed by atoms with van der Waals surface area (Å²) >= 11 is 0. The molecule has 5 rings (SSSR count). The highest BCUT2D eigenvalue weighted by molar-refractivity contribution is 5.91. The predicted octanol–water partition coefficient (Wildman–Crippen LogP) is 4.89. The number of para-hydroxylation sites is 1. The molecule has 3 aromatic carbocycles. The Morgan fingerprint density at radius 3 is 2.75 bits per heavy atom. The van der Waals surface area contributed by atoms with Crippen LogP contribution in [0.25, 0.3) is 10.9 Å². The fraction of sp³-hybridized carbons (Fsp3) is 0.241. The van der Waals surface area contributed by atoms with Crippen molar-refractivity contribution in [3.8, 4) is 29.1 Å². The van der Waals surface area contributed by atoms with Gasteiger partial charge in [0.05, 0.1) is 12.6 Å². The lowest BCUT2D eigenvalue weighted by molar-refractivity contribution is 0.141. The molecule has 7 nitrogen and oxygen atoms in total. The van der Waals surface area contributed by atoms with Gasteiger partial charge in [-0.2, -0.15) is 0 Å². The maximum absolute atomic E-state index is 10.5. The van der Waals surface area contributed by atoms with Gasteiger partial charge < -0.3 is 25.2 Å². The van der Waals surface area contributed by atoms with Crippen molar-refractivity contribution in [1.29, 1.82) is 0 Å². The van der Waals surface area contributed by atoms with Gasteiger partial charge in [0, 0.05) is 35.2 Å². The lowest BCUT2D eigenvalue weighted by atomic mass is 9.94. The van der Waals surface area contributed by atoms with E-state index in [1.807, 2.05) is 66.7 Å². The highest BCUT2D eigenvalue weighted by Crippen LogP contribution is 2.35. The summed E-state index contributed by atoms with van der Waals surface area (Å²) in [5, 5.41) is 18.0. The Labute approximate surface area is 210 Å². The van der Waals surface area contributed by atoms with Gasteiger partial charge >= 0.3 is 0 Å². The summed E-state index contributed by atoms with van der Waals surface area (Å²) < 4.78 is 11.5. The standard InChI is InChI=1S/C29H28N4O3/c1-35-28-17-22(11-14-27(28)36-23-7-3-2-4-8-23)33-29-24-16-20(9-12-25(24)31-19-32-29)10-13-26(34)21-6-5-15-30-18-21/h2-4,7-9,11-12,14,16-17,19,21,26,30,34H,5-6,15,18H2,1H3,(H,31,32,33). The number of nitrogens with one attached hydrogen (secondary N) is 2. The number of ether oxygens (including phenoxy) is 2. The largest absolute Gasteiger partial charge is 0.493 e. The van der Waals surface area contributed by atoms with E-state index >= 15 is 0 Å². The van der Waals surface area contributed by atoms with Crippen molar-refractivity contribution >= 4 is 22.4 Å². The number of aliphatic hydroxyl groups is 1. The van der Waals surface area contributed by atoms with E-state index in [2.05, 4.69) is 32.4 Å². The number of anilines is 2. The molecule has 3 N–H and O–H groups in total. The van der Waals surface area contributed by atoms with Crippen molar-refractivity contribution in [3.05, 3.63) is 78.6 Å². The smallest absolute Gasteiger partial charge is 0.169 e. The van der Waals surface area contributed by atoms with Crippen molar-refractivity contribution in [2.45, 2.75) is 18.9 Å². The van der Waals surface area contributed by atoms with Gasteiger partial charge in [0.15, 0.2) is 11.5 Å². The van der Waals surface area contributed by atoms with Crippen molar-refractivity contribution < 1.29 is 14.6 Å². The molecule has 0 radical (unpaired) electrons. The number of fused-ring (bicyclic) bond motifs is 1. The molecule has 0 amide bonds. The summed E-state index contributed by atoms with van der Waals surface area (Å²) in [6, 6.07) is 21.0. The van der Waals surface area contributed by atoms with Crippen molar-refractivity contribution in [2.75, 3.05) is 25.5 Å². The molecular formula is C29H28N4O3. The van der Waals surface area contributed by atoms with E-state index in [1.54, 1.807) is 7.11 Å². The molecule has 1 aliphatic heterocycles. The minimum atomic E-state index is -0.651. The molecule has 4 aromatic rings. The van der Waals surface area contributed by atoms with Gasteiger partial charge in [-0.05, 0) is 61.9 Å². The zero-order valence-corrected chi connectivity index (χ0v) is 20.1. The first-order chi connectivity index (χ1) is 17.7. The number of aliphatic hydroxyl groups excluding tert-OH is 1. The summed E-state index contributed by atoms with van der Waals surface area (Å²) in [6.07, 6.45) is 2.93. The first-order valence-electron chi connectivity index (χ1n) is 12.0.